The SMILES string of the molecule is CC(=O)OCC1O[C@@H](O[C@@H]2C(O[C@@H]3O[C@@H](COC(C)=O)[C@@H](C)C(C)C3OC(C)=O)[C@@H](O)OC(COC(C)=O)[C@H]2C)C(OC(C)=O)[C@@H](C)[C@@H]1C. The van der Waals surface area contributed by atoms with Gasteiger partial charge in [-0.3, -0.25) is 24.0 Å². The van der Waals surface area contributed by atoms with Crippen LogP contribution in [-0.4, -0.2) is 116 Å². The Morgan fingerprint density at radius 1 is 0.469 bits per heavy atom. The highest BCUT2D eigenvalue weighted by atomic mass is 16.8. The Balaban J connectivity index is 2.01. The minimum absolute atomic E-state index is 0.0891. The summed E-state index contributed by atoms with van der Waals surface area (Å²) in [5, 5.41) is 11.4. The van der Waals surface area contributed by atoms with Gasteiger partial charge in [-0.25, -0.2) is 0 Å². The Morgan fingerprint density at radius 2 is 0.816 bits per heavy atom. The number of esters is 5. The summed E-state index contributed by atoms with van der Waals surface area (Å²) in [6, 6.07) is 0. The van der Waals surface area contributed by atoms with E-state index in [1.165, 1.54) is 34.6 Å². The third-order valence-corrected chi connectivity index (χ3v) is 9.59. The minimum Gasteiger partial charge on any atom is -0.463 e. The quantitative estimate of drug-likeness (QED) is 0.227. The first-order valence-corrected chi connectivity index (χ1v) is 16.6. The molecule has 3 saturated heterocycles. The highest BCUT2D eigenvalue weighted by Crippen LogP contribution is 2.40. The summed E-state index contributed by atoms with van der Waals surface area (Å²) >= 11 is 0. The van der Waals surface area contributed by atoms with E-state index in [2.05, 4.69) is 0 Å². The van der Waals surface area contributed by atoms with Gasteiger partial charge in [0.1, 0.15) is 25.9 Å². The lowest BCUT2D eigenvalue weighted by Crippen LogP contribution is -2.63. The molecule has 0 aromatic rings. The number of ether oxygens (including phenoxy) is 10. The van der Waals surface area contributed by atoms with Crippen LogP contribution in [0.15, 0.2) is 0 Å². The van der Waals surface area contributed by atoms with Gasteiger partial charge in [-0.1, -0.05) is 34.6 Å². The van der Waals surface area contributed by atoms with Gasteiger partial charge in [0.15, 0.2) is 31.1 Å². The van der Waals surface area contributed by atoms with Gasteiger partial charge in [0, 0.05) is 52.4 Å². The molecular weight excluding hydrogens is 652 g/mol. The first kappa shape index (κ1) is 40.5. The van der Waals surface area contributed by atoms with Crippen molar-refractivity contribution < 1.29 is 76.4 Å². The topological polar surface area (TPSA) is 198 Å². The van der Waals surface area contributed by atoms with Crippen LogP contribution in [0.25, 0.3) is 0 Å². The molecule has 0 bridgehead atoms. The predicted octanol–water partition coefficient (Wildman–Crippen LogP) is 1.66. The molecule has 16 heteroatoms. The van der Waals surface area contributed by atoms with Gasteiger partial charge in [0.2, 0.25) is 0 Å². The molecule has 0 aromatic carbocycles. The third kappa shape index (κ3) is 10.8. The molecule has 0 saturated carbocycles. The first-order valence-electron chi connectivity index (χ1n) is 16.6. The van der Waals surface area contributed by atoms with Crippen molar-refractivity contribution in [2.24, 2.45) is 29.6 Å². The third-order valence-electron chi connectivity index (χ3n) is 9.59. The van der Waals surface area contributed by atoms with Crippen LogP contribution in [0.5, 0.6) is 0 Å². The Bertz CT molecular complexity index is 1160. The molecule has 3 aliphatic heterocycles. The maximum atomic E-state index is 12.2. The van der Waals surface area contributed by atoms with Crippen LogP contribution in [0.3, 0.4) is 0 Å². The van der Waals surface area contributed by atoms with Crippen LogP contribution in [0.2, 0.25) is 0 Å². The summed E-state index contributed by atoms with van der Waals surface area (Å²) in [4.78, 5) is 59.3. The zero-order valence-electron chi connectivity index (χ0n) is 29.9. The van der Waals surface area contributed by atoms with Crippen LogP contribution >= 0.6 is 0 Å². The van der Waals surface area contributed by atoms with E-state index < -0.39 is 97.4 Å². The van der Waals surface area contributed by atoms with E-state index in [0.29, 0.717) is 0 Å². The summed E-state index contributed by atoms with van der Waals surface area (Å²) in [5.41, 5.74) is 0. The highest BCUT2D eigenvalue weighted by molar-refractivity contribution is 5.67. The number of aliphatic hydroxyl groups is 1. The molecule has 280 valence electrons. The van der Waals surface area contributed by atoms with E-state index in [1.54, 1.807) is 6.92 Å². The van der Waals surface area contributed by atoms with Crippen molar-refractivity contribution in [1.29, 1.82) is 0 Å². The van der Waals surface area contributed by atoms with Gasteiger partial charge >= 0.3 is 29.8 Å². The second-order valence-electron chi connectivity index (χ2n) is 13.2. The number of rotatable bonds is 12. The number of carbonyl (C=O) groups excluding carboxylic acids is 5. The number of aliphatic hydroxyl groups excluding tert-OH is 1. The molecule has 0 aliphatic carbocycles. The van der Waals surface area contributed by atoms with Crippen molar-refractivity contribution in [2.45, 2.75) is 131 Å². The fourth-order valence-electron chi connectivity index (χ4n) is 6.33. The number of hydrogen-bond donors (Lipinski definition) is 1. The normalized spacial score (nSPS) is 39.3. The fourth-order valence-corrected chi connectivity index (χ4v) is 6.33. The fraction of sp³-hybridized carbons (Fsp3) is 0.848. The van der Waals surface area contributed by atoms with Crippen molar-refractivity contribution in [1.82, 2.24) is 0 Å². The minimum atomic E-state index is -1.69. The Labute approximate surface area is 286 Å². The highest BCUT2D eigenvalue weighted by Gasteiger charge is 2.53. The molecule has 3 heterocycles. The first-order chi connectivity index (χ1) is 22.9. The van der Waals surface area contributed by atoms with Gasteiger partial charge in [-0.05, 0) is 11.8 Å². The standard InChI is InChI=1S/C33H52O16/c1-14-16(3)28(43-22(9)37)32(46-24(14)11-40-19(6)34)48-27-18(5)26(13-42-21(8)36)45-31(39)30(27)49-33-29(44-23(10)38)17(4)15(2)25(47-33)12-41-20(7)35/h14-18,24-33,39H,11-13H2,1-10H3/t14-,15-,16-,17?,18+,24?,25-,26?,27-,28?,29?,30?,31-,32-,33-/m0/s1. The maximum Gasteiger partial charge on any atom is 0.303 e. The molecule has 0 spiro atoms. The van der Waals surface area contributed by atoms with E-state index in [0.717, 1.165) is 0 Å². The Morgan fingerprint density at radius 3 is 1.16 bits per heavy atom. The predicted molar refractivity (Wildman–Crippen MR) is 165 cm³/mol. The molecular formula is C33H52O16. The average molecular weight is 705 g/mol. The molecule has 3 aliphatic rings. The van der Waals surface area contributed by atoms with Crippen LogP contribution < -0.4 is 0 Å². The van der Waals surface area contributed by atoms with Crippen LogP contribution in [0.1, 0.15) is 69.2 Å². The maximum absolute atomic E-state index is 12.2. The average Bonchev–Trinajstić information content (AvgIpc) is 3.00. The van der Waals surface area contributed by atoms with Gasteiger partial charge in [-0.15, -0.1) is 0 Å². The lowest BCUT2D eigenvalue weighted by atomic mass is 9.83. The van der Waals surface area contributed by atoms with Gasteiger partial charge < -0.3 is 52.5 Å². The van der Waals surface area contributed by atoms with Crippen LogP contribution in [-0.2, 0) is 71.3 Å². The Kier molecular flexibility index (Phi) is 14.8. The van der Waals surface area contributed by atoms with Crippen LogP contribution in [0, 0.1) is 29.6 Å². The molecule has 15 atom stereocenters. The van der Waals surface area contributed by atoms with Crippen molar-refractivity contribution in [3.63, 3.8) is 0 Å². The summed E-state index contributed by atoms with van der Waals surface area (Å²) in [6.45, 7) is 15.0. The molecule has 1 N–H and O–H groups in total. The molecule has 3 fully saturated rings. The van der Waals surface area contributed by atoms with Crippen LogP contribution in [0.4, 0.5) is 0 Å². The van der Waals surface area contributed by atoms with Crippen molar-refractivity contribution in [2.75, 3.05) is 19.8 Å². The second kappa shape index (κ2) is 17.9. The smallest absolute Gasteiger partial charge is 0.303 e. The lowest BCUT2D eigenvalue weighted by molar-refractivity contribution is -0.375. The van der Waals surface area contributed by atoms with Crippen molar-refractivity contribution in [3.8, 4) is 0 Å². The van der Waals surface area contributed by atoms with E-state index >= 15 is 0 Å². The Hall–Kier alpha value is -2.89. The van der Waals surface area contributed by atoms with Gasteiger partial charge in [-0.2, -0.15) is 0 Å². The molecule has 0 amide bonds. The van der Waals surface area contributed by atoms with E-state index in [4.69, 9.17) is 47.4 Å². The van der Waals surface area contributed by atoms with E-state index in [9.17, 15) is 29.1 Å². The molecule has 16 nitrogen and oxygen atoms in total. The van der Waals surface area contributed by atoms with E-state index in [1.807, 2.05) is 27.7 Å². The lowest BCUT2D eigenvalue weighted by Gasteiger charge is -2.50. The molecule has 0 radical (unpaired) electrons. The van der Waals surface area contributed by atoms with Gasteiger partial charge in [0.25, 0.3) is 0 Å². The zero-order valence-corrected chi connectivity index (χ0v) is 29.9. The summed E-state index contributed by atoms with van der Waals surface area (Å²) in [6.07, 6.45) is -10.7. The number of carbonyl (C=O) groups is 5. The summed E-state index contributed by atoms with van der Waals surface area (Å²) < 4.78 is 58.3. The summed E-state index contributed by atoms with van der Waals surface area (Å²) in [7, 11) is 0. The second-order valence-corrected chi connectivity index (χ2v) is 13.2. The van der Waals surface area contributed by atoms with Gasteiger partial charge in [0.05, 0.1) is 24.4 Å². The molecule has 3 rings (SSSR count). The van der Waals surface area contributed by atoms with Crippen molar-refractivity contribution >= 4 is 29.8 Å². The molecule has 49 heavy (non-hydrogen) atoms. The largest absolute Gasteiger partial charge is 0.463 e. The zero-order chi connectivity index (χ0) is 36.7. The van der Waals surface area contributed by atoms with E-state index in [-0.39, 0.29) is 43.5 Å². The molecule has 6 unspecified atom stereocenters. The number of hydrogen-bond acceptors (Lipinski definition) is 16. The monoisotopic (exact) mass is 704 g/mol. The summed E-state index contributed by atoms with van der Waals surface area (Å²) in [5.74, 6) is -4.56. The molecule has 0 aromatic heterocycles. The van der Waals surface area contributed by atoms with Crippen molar-refractivity contribution in [3.05, 3.63) is 0 Å².